The summed E-state index contributed by atoms with van der Waals surface area (Å²) in [7, 11) is 0. The number of hydrogen-bond donors (Lipinski definition) is 1. The summed E-state index contributed by atoms with van der Waals surface area (Å²) in [5, 5.41) is 0. The quantitative estimate of drug-likeness (QED) is 0.454. The van der Waals surface area contributed by atoms with E-state index in [1.54, 1.807) is 19.1 Å². The molecule has 3 fully saturated rings. The fraction of sp³-hybridized carbons (Fsp3) is 0.710. The molecule has 1 amide bonds. The average Bonchev–Trinajstić information content (AvgIpc) is 3.39. The Kier molecular flexibility index (Phi) is 9.80. The zero-order chi connectivity index (χ0) is 26.4. The van der Waals surface area contributed by atoms with Crippen LogP contribution >= 0.6 is 0 Å². The molecule has 0 spiro atoms. The average molecular weight is 511 g/mol. The third-order valence-electron chi connectivity index (χ3n) is 9.35. The lowest BCUT2D eigenvalue weighted by Gasteiger charge is -2.37. The Bertz CT molecular complexity index is 916. The van der Waals surface area contributed by atoms with E-state index in [1.807, 2.05) is 17.0 Å². The molecular weight excluding hydrogens is 464 g/mol. The van der Waals surface area contributed by atoms with Crippen molar-refractivity contribution in [1.82, 2.24) is 4.90 Å². The molecule has 2 N–H and O–H groups in total. The molecule has 4 rings (SSSR count). The minimum absolute atomic E-state index is 0.0181. The molecule has 6 nitrogen and oxygen atoms in total. The number of rotatable bonds is 9. The Morgan fingerprint density at radius 2 is 1.62 bits per heavy atom. The molecule has 37 heavy (non-hydrogen) atoms. The number of nitrogens with two attached hydrogens (primary N) is 1. The highest BCUT2D eigenvalue weighted by Gasteiger charge is 2.46. The third kappa shape index (κ3) is 6.63. The molecule has 2 aliphatic carbocycles. The van der Waals surface area contributed by atoms with Crippen LogP contribution < -0.4 is 5.73 Å². The molecule has 1 saturated heterocycles. The molecule has 1 aliphatic heterocycles. The van der Waals surface area contributed by atoms with Crippen LogP contribution in [0, 0.1) is 23.7 Å². The second-order valence-electron chi connectivity index (χ2n) is 11.6. The largest absolute Gasteiger partial charge is 0.462 e. The number of carbonyl (C=O) groups is 3. The number of carbonyl (C=O) groups excluding carboxylic acids is 3. The standard InChI is InChI=1S/C31H46N2O4/c1-3-27(32)23-14-16-24(17-15-23)30(35)33-19-18-26(22-8-6-5-7-9-22)29(33)28(34)20-21-10-12-25(13-11-21)31(36)37-4-2/h10-13,22-24,26-27,29H,3-9,14-20,32H2,1-2H3/t23?,24?,26-,27?,29-/m0/s1. The Balaban J connectivity index is 1.47. The molecule has 3 aliphatic rings. The van der Waals surface area contributed by atoms with E-state index >= 15 is 0 Å². The fourth-order valence-electron chi connectivity index (χ4n) is 7.17. The molecular formula is C31H46N2O4. The Labute approximate surface area is 222 Å². The summed E-state index contributed by atoms with van der Waals surface area (Å²) in [5.74, 6) is 1.32. The van der Waals surface area contributed by atoms with Crippen molar-refractivity contribution >= 4 is 17.7 Å². The first-order valence-corrected chi connectivity index (χ1v) is 14.8. The highest BCUT2D eigenvalue weighted by atomic mass is 16.5. The smallest absolute Gasteiger partial charge is 0.338 e. The van der Waals surface area contributed by atoms with E-state index in [0.29, 0.717) is 37.0 Å². The van der Waals surface area contributed by atoms with Crippen LogP contribution in [0.15, 0.2) is 24.3 Å². The maximum absolute atomic E-state index is 13.9. The molecule has 0 radical (unpaired) electrons. The monoisotopic (exact) mass is 510 g/mol. The minimum Gasteiger partial charge on any atom is -0.462 e. The predicted molar refractivity (Wildman–Crippen MR) is 145 cm³/mol. The van der Waals surface area contributed by atoms with Gasteiger partial charge in [-0.05, 0) is 80.9 Å². The molecule has 1 heterocycles. The van der Waals surface area contributed by atoms with E-state index < -0.39 is 0 Å². The van der Waals surface area contributed by atoms with Crippen LogP contribution in [0.25, 0.3) is 0 Å². The van der Waals surface area contributed by atoms with E-state index in [-0.39, 0.29) is 41.6 Å². The maximum Gasteiger partial charge on any atom is 0.338 e. The number of Topliss-reactive ketones (excluding diaryl/α,β-unsaturated/α-hetero) is 1. The molecule has 1 aromatic carbocycles. The number of hydrogen-bond acceptors (Lipinski definition) is 5. The normalized spacial score (nSPS) is 27.6. The first-order valence-electron chi connectivity index (χ1n) is 14.8. The summed E-state index contributed by atoms with van der Waals surface area (Å²) in [6, 6.07) is 7.06. The van der Waals surface area contributed by atoms with Gasteiger partial charge in [0, 0.05) is 24.9 Å². The summed E-state index contributed by atoms with van der Waals surface area (Å²) >= 11 is 0. The van der Waals surface area contributed by atoms with E-state index in [2.05, 4.69) is 6.92 Å². The van der Waals surface area contributed by atoms with Crippen molar-refractivity contribution in [3.63, 3.8) is 0 Å². The van der Waals surface area contributed by atoms with Crippen LogP contribution in [0.4, 0.5) is 0 Å². The van der Waals surface area contributed by atoms with Crippen LogP contribution in [-0.4, -0.2) is 47.8 Å². The van der Waals surface area contributed by atoms with Crippen molar-refractivity contribution < 1.29 is 19.1 Å². The van der Waals surface area contributed by atoms with Crippen LogP contribution in [0.3, 0.4) is 0 Å². The van der Waals surface area contributed by atoms with Gasteiger partial charge in [-0.25, -0.2) is 4.79 Å². The fourth-order valence-corrected chi connectivity index (χ4v) is 7.17. The third-order valence-corrected chi connectivity index (χ3v) is 9.35. The number of amides is 1. The van der Waals surface area contributed by atoms with E-state index in [0.717, 1.165) is 44.1 Å². The summed E-state index contributed by atoms with van der Waals surface area (Å²) in [6.45, 7) is 4.96. The highest BCUT2D eigenvalue weighted by Crippen LogP contribution is 2.41. The predicted octanol–water partition coefficient (Wildman–Crippen LogP) is 5.32. The lowest BCUT2D eigenvalue weighted by atomic mass is 9.75. The van der Waals surface area contributed by atoms with Gasteiger partial charge < -0.3 is 15.4 Å². The Hall–Kier alpha value is -2.21. The van der Waals surface area contributed by atoms with Crippen LogP contribution in [0.5, 0.6) is 0 Å². The zero-order valence-corrected chi connectivity index (χ0v) is 22.8. The summed E-state index contributed by atoms with van der Waals surface area (Å²) in [5.41, 5.74) is 7.68. The summed E-state index contributed by atoms with van der Waals surface area (Å²) in [4.78, 5) is 41.7. The lowest BCUT2D eigenvalue weighted by molar-refractivity contribution is -0.143. The van der Waals surface area contributed by atoms with Gasteiger partial charge in [-0.15, -0.1) is 0 Å². The van der Waals surface area contributed by atoms with Crippen molar-refractivity contribution in [2.75, 3.05) is 13.2 Å². The second kappa shape index (κ2) is 13.0. The molecule has 1 aromatic rings. The minimum atomic E-state index is -0.347. The lowest BCUT2D eigenvalue weighted by Crippen LogP contribution is -2.48. The van der Waals surface area contributed by atoms with Gasteiger partial charge in [0.25, 0.3) is 0 Å². The first-order chi connectivity index (χ1) is 17.9. The number of esters is 1. The number of ether oxygens (including phenoxy) is 1. The van der Waals surface area contributed by atoms with Crippen LogP contribution in [0.2, 0.25) is 0 Å². The molecule has 204 valence electrons. The SMILES string of the molecule is CCOC(=O)c1ccc(CC(=O)[C@@H]2[C@H](C3CCCCC3)CCN2C(=O)C2CCC(C(N)CC)CC2)cc1. The number of nitrogens with zero attached hydrogens (tertiary/aromatic N) is 1. The van der Waals surface area contributed by atoms with E-state index in [4.69, 9.17) is 10.5 Å². The van der Waals surface area contributed by atoms with Crippen molar-refractivity contribution in [2.24, 2.45) is 29.4 Å². The van der Waals surface area contributed by atoms with Gasteiger partial charge in [-0.2, -0.15) is 0 Å². The Morgan fingerprint density at radius 1 is 0.946 bits per heavy atom. The van der Waals surface area contributed by atoms with Gasteiger partial charge >= 0.3 is 5.97 Å². The maximum atomic E-state index is 13.9. The molecule has 0 aromatic heterocycles. The second-order valence-corrected chi connectivity index (χ2v) is 11.6. The van der Waals surface area contributed by atoms with Gasteiger partial charge in [-0.3, -0.25) is 9.59 Å². The van der Waals surface area contributed by atoms with Crippen molar-refractivity contribution in [2.45, 2.75) is 103 Å². The van der Waals surface area contributed by atoms with Gasteiger partial charge in [0.1, 0.15) is 0 Å². The highest BCUT2D eigenvalue weighted by molar-refractivity contribution is 5.92. The molecule has 2 saturated carbocycles. The number of ketones is 1. The molecule has 0 bridgehead atoms. The summed E-state index contributed by atoms with van der Waals surface area (Å²) in [6.07, 6.45) is 12.1. The van der Waals surface area contributed by atoms with E-state index in [9.17, 15) is 14.4 Å². The van der Waals surface area contributed by atoms with Gasteiger partial charge in [0.2, 0.25) is 5.91 Å². The number of benzene rings is 1. The van der Waals surface area contributed by atoms with Crippen molar-refractivity contribution in [3.8, 4) is 0 Å². The van der Waals surface area contributed by atoms with Gasteiger partial charge in [-0.1, -0.05) is 51.2 Å². The van der Waals surface area contributed by atoms with E-state index in [1.165, 1.54) is 32.1 Å². The van der Waals surface area contributed by atoms with Crippen molar-refractivity contribution in [1.29, 1.82) is 0 Å². The van der Waals surface area contributed by atoms with Crippen molar-refractivity contribution in [3.05, 3.63) is 35.4 Å². The van der Waals surface area contributed by atoms with Gasteiger partial charge in [0.15, 0.2) is 5.78 Å². The topological polar surface area (TPSA) is 89.7 Å². The number of likely N-dealkylation sites (tertiary alicyclic amines) is 1. The van der Waals surface area contributed by atoms with Crippen LogP contribution in [0.1, 0.15) is 100 Å². The zero-order valence-electron chi connectivity index (χ0n) is 22.8. The molecule has 1 unspecified atom stereocenters. The Morgan fingerprint density at radius 3 is 2.24 bits per heavy atom. The van der Waals surface area contributed by atoms with Crippen LogP contribution in [-0.2, 0) is 20.7 Å². The summed E-state index contributed by atoms with van der Waals surface area (Å²) < 4.78 is 5.08. The molecule has 3 atom stereocenters. The molecule has 6 heteroatoms. The first kappa shape index (κ1) is 27.8. The van der Waals surface area contributed by atoms with Gasteiger partial charge in [0.05, 0.1) is 18.2 Å².